The lowest BCUT2D eigenvalue weighted by molar-refractivity contribution is 0.325. The standard InChI is InChI=1S/C18H22N4OS2/c1-11(2)7-13-8-14-16(21-22-17(14)20-18(19)24)15(9-13)23-5-3-12-4-6-25-10-12/h4,6,8-11H,3,5,7H2,1-2H3,(H4,19,20,21,22,24). The van der Waals surface area contributed by atoms with E-state index in [0.29, 0.717) is 18.3 Å². The zero-order valence-corrected chi connectivity index (χ0v) is 16.0. The number of hydrogen-bond acceptors (Lipinski definition) is 4. The van der Waals surface area contributed by atoms with Crippen molar-refractivity contribution in [2.75, 3.05) is 11.9 Å². The van der Waals surface area contributed by atoms with Crippen LogP contribution in [-0.4, -0.2) is 21.9 Å². The Kier molecular flexibility index (Phi) is 5.55. The molecular formula is C18H22N4OS2. The number of aromatic amines is 1. The van der Waals surface area contributed by atoms with Crippen LogP contribution in [0.4, 0.5) is 5.82 Å². The van der Waals surface area contributed by atoms with Gasteiger partial charge in [0.15, 0.2) is 10.9 Å². The molecule has 0 fully saturated rings. The van der Waals surface area contributed by atoms with Crippen LogP contribution in [0, 0.1) is 5.92 Å². The van der Waals surface area contributed by atoms with Gasteiger partial charge in [-0.3, -0.25) is 5.10 Å². The number of thiophene rings is 1. The van der Waals surface area contributed by atoms with E-state index < -0.39 is 0 Å². The average molecular weight is 375 g/mol. The summed E-state index contributed by atoms with van der Waals surface area (Å²) < 4.78 is 6.07. The topological polar surface area (TPSA) is 76.0 Å². The second-order valence-corrected chi connectivity index (χ2v) is 7.63. The molecule has 0 amide bonds. The molecule has 0 saturated carbocycles. The summed E-state index contributed by atoms with van der Waals surface area (Å²) in [4.78, 5) is 0. The minimum atomic E-state index is 0.197. The van der Waals surface area contributed by atoms with Crippen LogP contribution in [0.1, 0.15) is 25.0 Å². The molecule has 0 aliphatic carbocycles. The van der Waals surface area contributed by atoms with Gasteiger partial charge in [-0.2, -0.15) is 16.4 Å². The smallest absolute Gasteiger partial charge is 0.169 e. The van der Waals surface area contributed by atoms with E-state index in [9.17, 15) is 0 Å². The van der Waals surface area contributed by atoms with E-state index in [2.05, 4.69) is 58.3 Å². The summed E-state index contributed by atoms with van der Waals surface area (Å²) in [6.45, 7) is 5.02. The molecule has 4 N–H and O–H groups in total. The van der Waals surface area contributed by atoms with Gasteiger partial charge in [0.1, 0.15) is 11.3 Å². The van der Waals surface area contributed by atoms with Crippen molar-refractivity contribution >= 4 is 45.4 Å². The fourth-order valence-electron chi connectivity index (χ4n) is 2.78. The van der Waals surface area contributed by atoms with Crippen LogP contribution in [0.5, 0.6) is 5.75 Å². The number of rotatable bonds is 7. The molecule has 7 heteroatoms. The highest BCUT2D eigenvalue weighted by atomic mass is 32.1. The molecule has 0 spiro atoms. The van der Waals surface area contributed by atoms with Crippen molar-refractivity contribution in [2.45, 2.75) is 26.7 Å². The number of ether oxygens (including phenoxy) is 1. The van der Waals surface area contributed by atoms with Crippen molar-refractivity contribution in [3.8, 4) is 5.75 Å². The van der Waals surface area contributed by atoms with Gasteiger partial charge in [-0.25, -0.2) is 0 Å². The van der Waals surface area contributed by atoms with Crippen molar-refractivity contribution in [1.29, 1.82) is 0 Å². The van der Waals surface area contributed by atoms with Gasteiger partial charge in [-0.15, -0.1) is 0 Å². The third kappa shape index (κ3) is 4.49. The van der Waals surface area contributed by atoms with Crippen LogP contribution < -0.4 is 15.8 Å². The Morgan fingerprint density at radius 1 is 1.40 bits per heavy atom. The number of thiocarbonyl (C=S) groups is 1. The fraction of sp³-hybridized carbons (Fsp3) is 0.333. The number of nitrogens with two attached hydrogens (primary N) is 1. The maximum Gasteiger partial charge on any atom is 0.169 e. The molecule has 0 atom stereocenters. The first-order valence-electron chi connectivity index (χ1n) is 8.24. The maximum atomic E-state index is 6.07. The van der Waals surface area contributed by atoms with E-state index in [-0.39, 0.29) is 5.11 Å². The molecular weight excluding hydrogens is 352 g/mol. The van der Waals surface area contributed by atoms with Crippen LogP contribution >= 0.6 is 23.6 Å². The molecule has 25 heavy (non-hydrogen) atoms. The molecule has 0 radical (unpaired) electrons. The second-order valence-electron chi connectivity index (χ2n) is 6.41. The molecule has 1 aromatic carbocycles. The highest BCUT2D eigenvalue weighted by Crippen LogP contribution is 2.31. The first-order valence-corrected chi connectivity index (χ1v) is 9.59. The lowest BCUT2D eigenvalue weighted by atomic mass is 10.0. The Hall–Kier alpha value is -2.12. The predicted molar refractivity (Wildman–Crippen MR) is 109 cm³/mol. The SMILES string of the molecule is CC(C)Cc1cc(OCCc2ccsc2)c2[nH]nc(NC(N)=S)c2c1. The van der Waals surface area contributed by atoms with Crippen LogP contribution in [-0.2, 0) is 12.8 Å². The fourth-order valence-corrected chi connectivity index (χ4v) is 3.58. The van der Waals surface area contributed by atoms with Gasteiger partial charge in [-0.05, 0) is 64.6 Å². The molecule has 0 aliphatic heterocycles. The van der Waals surface area contributed by atoms with Gasteiger partial charge in [0, 0.05) is 11.8 Å². The monoisotopic (exact) mass is 374 g/mol. The zero-order chi connectivity index (χ0) is 17.8. The van der Waals surface area contributed by atoms with E-state index >= 15 is 0 Å². The molecule has 2 aromatic heterocycles. The summed E-state index contributed by atoms with van der Waals surface area (Å²) >= 11 is 6.64. The first kappa shape index (κ1) is 17.7. The second kappa shape index (κ2) is 7.84. The molecule has 0 saturated heterocycles. The molecule has 5 nitrogen and oxygen atoms in total. The predicted octanol–water partition coefficient (Wildman–Crippen LogP) is 4.10. The Morgan fingerprint density at radius 3 is 2.92 bits per heavy atom. The van der Waals surface area contributed by atoms with Crippen molar-refractivity contribution in [2.24, 2.45) is 11.7 Å². The summed E-state index contributed by atoms with van der Waals surface area (Å²) in [6, 6.07) is 6.34. The van der Waals surface area contributed by atoms with E-state index in [1.54, 1.807) is 11.3 Å². The number of nitrogens with zero attached hydrogens (tertiary/aromatic N) is 1. The van der Waals surface area contributed by atoms with Crippen LogP contribution in [0.15, 0.2) is 29.0 Å². The molecule has 3 aromatic rings. The van der Waals surface area contributed by atoms with Gasteiger partial charge >= 0.3 is 0 Å². The van der Waals surface area contributed by atoms with Crippen LogP contribution in [0.25, 0.3) is 10.9 Å². The largest absolute Gasteiger partial charge is 0.491 e. The third-order valence-electron chi connectivity index (χ3n) is 3.81. The summed E-state index contributed by atoms with van der Waals surface area (Å²) in [5, 5.41) is 15.6. The quantitative estimate of drug-likeness (QED) is 0.543. The zero-order valence-electron chi connectivity index (χ0n) is 14.3. The Morgan fingerprint density at radius 2 is 2.24 bits per heavy atom. The van der Waals surface area contributed by atoms with Crippen molar-refractivity contribution in [3.63, 3.8) is 0 Å². The maximum absolute atomic E-state index is 6.07. The minimum absolute atomic E-state index is 0.197. The molecule has 3 rings (SSSR count). The molecule has 0 bridgehead atoms. The number of benzene rings is 1. The highest BCUT2D eigenvalue weighted by molar-refractivity contribution is 7.80. The Bertz CT molecular complexity index is 855. The van der Waals surface area contributed by atoms with Crippen LogP contribution in [0.3, 0.4) is 0 Å². The van der Waals surface area contributed by atoms with Crippen molar-refractivity contribution < 1.29 is 4.74 Å². The number of nitrogens with one attached hydrogen (secondary N) is 2. The van der Waals surface area contributed by atoms with Crippen molar-refractivity contribution in [3.05, 3.63) is 40.1 Å². The Balaban J connectivity index is 1.88. The number of fused-ring (bicyclic) bond motifs is 1. The third-order valence-corrected chi connectivity index (χ3v) is 4.64. The molecule has 132 valence electrons. The van der Waals surface area contributed by atoms with E-state index in [4.69, 9.17) is 22.7 Å². The van der Waals surface area contributed by atoms with E-state index in [1.165, 1.54) is 11.1 Å². The minimum Gasteiger partial charge on any atom is -0.491 e. The first-order chi connectivity index (χ1) is 12.0. The molecule has 2 heterocycles. The average Bonchev–Trinajstić information content (AvgIpc) is 3.17. The molecule has 0 unspecified atom stereocenters. The van der Waals surface area contributed by atoms with Gasteiger partial charge in [0.25, 0.3) is 0 Å². The van der Waals surface area contributed by atoms with Crippen molar-refractivity contribution in [1.82, 2.24) is 10.2 Å². The van der Waals surface area contributed by atoms with Gasteiger partial charge in [0.05, 0.1) is 6.61 Å². The summed E-state index contributed by atoms with van der Waals surface area (Å²) in [7, 11) is 0. The van der Waals surface area contributed by atoms with Gasteiger partial charge in [0.2, 0.25) is 0 Å². The van der Waals surface area contributed by atoms with E-state index in [0.717, 1.165) is 29.5 Å². The summed E-state index contributed by atoms with van der Waals surface area (Å²) in [5.41, 5.74) is 8.96. The highest BCUT2D eigenvalue weighted by Gasteiger charge is 2.14. The number of anilines is 1. The lowest BCUT2D eigenvalue weighted by Gasteiger charge is -2.11. The van der Waals surface area contributed by atoms with Gasteiger partial charge in [-0.1, -0.05) is 13.8 Å². The number of H-pyrrole nitrogens is 1. The number of hydrogen-bond donors (Lipinski definition) is 3. The summed E-state index contributed by atoms with van der Waals surface area (Å²) in [5.74, 6) is 2.00. The Labute approximate surface area is 156 Å². The van der Waals surface area contributed by atoms with Gasteiger partial charge < -0.3 is 15.8 Å². The number of aromatic nitrogens is 2. The summed E-state index contributed by atoms with van der Waals surface area (Å²) in [6.07, 6.45) is 1.85. The van der Waals surface area contributed by atoms with Crippen LogP contribution in [0.2, 0.25) is 0 Å². The van der Waals surface area contributed by atoms with E-state index in [1.807, 2.05) is 0 Å². The normalized spacial score (nSPS) is 11.2. The lowest BCUT2D eigenvalue weighted by Crippen LogP contribution is -2.19. The molecule has 0 aliphatic rings.